The lowest BCUT2D eigenvalue weighted by molar-refractivity contribution is 0.166. The van der Waals surface area contributed by atoms with Crippen LogP contribution >= 0.6 is 24.0 Å². The zero-order valence-electron chi connectivity index (χ0n) is 17.7. The van der Waals surface area contributed by atoms with Crippen LogP contribution in [0, 0.1) is 12.8 Å². The van der Waals surface area contributed by atoms with Crippen LogP contribution in [-0.2, 0) is 30.8 Å². The number of aryl methyl sites for hydroxylation is 2. The minimum atomic E-state index is 0. The van der Waals surface area contributed by atoms with Gasteiger partial charge in [0.15, 0.2) is 11.8 Å². The summed E-state index contributed by atoms with van der Waals surface area (Å²) in [5.74, 6) is 4.18. The van der Waals surface area contributed by atoms with Crippen LogP contribution in [0.5, 0.6) is 5.75 Å². The highest BCUT2D eigenvalue weighted by Gasteiger charge is 2.18. The van der Waals surface area contributed by atoms with Crippen LogP contribution in [0.3, 0.4) is 0 Å². The standard InChI is InChI=1S/C21H30N6O2.HI/c1-15-5-6-17(18(10-15)29-14-16-7-9-28-13-16)11-23-21(22-2)24-12-20-26-25-19-4-3-8-27(19)20;/h5-6,10,16H,3-4,7-9,11-14H2,1-2H3,(H2,22,23,24);1H. The van der Waals surface area contributed by atoms with Crippen molar-refractivity contribution in [2.24, 2.45) is 10.9 Å². The van der Waals surface area contributed by atoms with Crippen LogP contribution < -0.4 is 15.4 Å². The fourth-order valence-electron chi connectivity index (χ4n) is 3.77. The first-order chi connectivity index (χ1) is 14.2. The van der Waals surface area contributed by atoms with Gasteiger partial charge >= 0.3 is 0 Å². The fraction of sp³-hybridized carbons (Fsp3) is 0.571. The topological polar surface area (TPSA) is 85.6 Å². The van der Waals surface area contributed by atoms with Crippen LogP contribution in [0.2, 0.25) is 0 Å². The van der Waals surface area contributed by atoms with Crippen molar-refractivity contribution in [3.05, 3.63) is 41.0 Å². The average Bonchev–Trinajstić information content (AvgIpc) is 3.47. The Balaban J connectivity index is 0.00000256. The van der Waals surface area contributed by atoms with E-state index in [9.17, 15) is 0 Å². The normalized spacial score (nSPS) is 18.1. The summed E-state index contributed by atoms with van der Waals surface area (Å²) in [6, 6.07) is 6.32. The number of aliphatic imine (C=N–C) groups is 1. The first-order valence-corrected chi connectivity index (χ1v) is 10.4. The van der Waals surface area contributed by atoms with E-state index >= 15 is 0 Å². The smallest absolute Gasteiger partial charge is 0.191 e. The molecule has 4 rings (SSSR count). The molecule has 0 radical (unpaired) electrons. The number of hydrogen-bond acceptors (Lipinski definition) is 5. The van der Waals surface area contributed by atoms with E-state index in [1.165, 1.54) is 5.56 Å². The van der Waals surface area contributed by atoms with Crippen molar-refractivity contribution in [2.75, 3.05) is 26.9 Å². The summed E-state index contributed by atoms with van der Waals surface area (Å²) < 4.78 is 13.8. The molecule has 3 heterocycles. The highest BCUT2D eigenvalue weighted by molar-refractivity contribution is 14.0. The number of hydrogen-bond donors (Lipinski definition) is 2. The summed E-state index contributed by atoms with van der Waals surface area (Å²) in [6.07, 6.45) is 3.24. The zero-order valence-corrected chi connectivity index (χ0v) is 20.0. The third-order valence-corrected chi connectivity index (χ3v) is 5.49. The number of nitrogens with one attached hydrogen (secondary N) is 2. The lowest BCUT2D eigenvalue weighted by atomic mass is 10.1. The molecule has 8 nitrogen and oxygen atoms in total. The Morgan fingerprint density at radius 1 is 1.30 bits per heavy atom. The molecular formula is C21H31IN6O2. The van der Waals surface area contributed by atoms with Gasteiger partial charge in [0.05, 0.1) is 19.8 Å². The molecule has 30 heavy (non-hydrogen) atoms. The molecule has 0 saturated carbocycles. The van der Waals surface area contributed by atoms with Gasteiger partial charge < -0.3 is 24.7 Å². The van der Waals surface area contributed by atoms with E-state index in [2.05, 4.69) is 55.5 Å². The van der Waals surface area contributed by atoms with Gasteiger partial charge in [0.1, 0.15) is 11.6 Å². The second kappa shape index (κ2) is 10.9. The third kappa shape index (κ3) is 5.63. The van der Waals surface area contributed by atoms with E-state index in [0.29, 0.717) is 25.6 Å². The van der Waals surface area contributed by atoms with Crippen LogP contribution in [-0.4, -0.2) is 47.6 Å². The Labute approximate surface area is 194 Å². The summed E-state index contributed by atoms with van der Waals surface area (Å²) >= 11 is 0. The molecule has 1 aromatic carbocycles. The summed E-state index contributed by atoms with van der Waals surface area (Å²) in [7, 11) is 1.77. The van der Waals surface area contributed by atoms with Gasteiger partial charge in [0.25, 0.3) is 0 Å². The van der Waals surface area contributed by atoms with Gasteiger partial charge in [-0.2, -0.15) is 0 Å². The molecule has 164 valence electrons. The van der Waals surface area contributed by atoms with Crippen LogP contribution in [0.4, 0.5) is 0 Å². The molecule has 0 spiro atoms. The van der Waals surface area contributed by atoms with Crippen LogP contribution in [0.1, 0.15) is 35.6 Å². The quantitative estimate of drug-likeness (QED) is 0.328. The maximum absolute atomic E-state index is 6.14. The van der Waals surface area contributed by atoms with Crippen molar-refractivity contribution in [3.63, 3.8) is 0 Å². The first-order valence-electron chi connectivity index (χ1n) is 10.4. The second-order valence-electron chi connectivity index (χ2n) is 7.72. The molecule has 1 fully saturated rings. The molecule has 2 aliphatic heterocycles. The maximum atomic E-state index is 6.14. The summed E-state index contributed by atoms with van der Waals surface area (Å²) in [4.78, 5) is 4.33. The molecule has 2 N–H and O–H groups in total. The molecule has 1 saturated heterocycles. The maximum Gasteiger partial charge on any atom is 0.191 e. The minimum absolute atomic E-state index is 0. The highest BCUT2D eigenvalue weighted by atomic mass is 127. The van der Waals surface area contributed by atoms with Gasteiger partial charge in [-0.3, -0.25) is 4.99 Å². The largest absolute Gasteiger partial charge is 0.493 e. The van der Waals surface area contributed by atoms with Crippen molar-refractivity contribution in [1.29, 1.82) is 0 Å². The lowest BCUT2D eigenvalue weighted by Crippen LogP contribution is -2.37. The third-order valence-electron chi connectivity index (χ3n) is 5.49. The van der Waals surface area contributed by atoms with Crippen molar-refractivity contribution < 1.29 is 9.47 Å². The molecule has 2 aliphatic rings. The Bertz CT molecular complexity index is 863. The fourth-order valence-corrected chi connectivity index (χ4v) is 3.77. The molecular weight excluding hydrogens is 495 g/mol. The number of benzene rings is 1. The van der Waals surface area contributed by atoms with E-state index in [-0.39, 0.29) is 24.0 Å². The molecule has 2 aromatic rings. The van der Waals surface area contributed by atoms with Crippen molar-refractivity contribution >= 4 is 29.9 Å². The monoisotopic (exact) mass is 526 g/mol. The lowest BCUT2D eigenvalue weighted by Gasteiger charge is -2.17. The Morgan fingerprint density at radius 3 is 2.97 bits per heavy atom. The number of ether oxygens (including phenoxy) is 2. The highest BCUT2D eigenvalue weighted by Crippen LogP contribution is 2.22. The molecule has 1 aromatic heterocycles. The molecule has 0 bridgehead atoms. The second-order valence-corrected chi connectivity index (χ2v) is 7.72. The Kier molecular flexibility index (Phi) is 8.32. The van der Waals surface area contributed by atoms with E-state index < -0.39 is 0 Å². The van der Waals surface area contributed by atoms with Gasteiger partial charge in [-0.1, -0.05) is 12.1 Å². The Hall–Kier alpha value is -1.88. The molecule has 1 unspecified atom stereocenters. The number of fused-ring (bicyclic) bond motifs is 1. The van der Waals surface area contributed by atoms with Gasteiger partial charge in [0, 0.05) is 44.6 Å². The molecule has 0 amide bonds. The summed E-state index contributed by atoms with van der Waals surface area (Å²) in [5.41, 5.74) is 2.30. The predicted octanol–water partition coefficient (Wildman–Crippen LogP) is 2.43. The van der Waals surface area contributed by atoms with Gasteiger partial charge in [-0.25, -0.2) is 0 Å². The van der Waals surface area contributed by atoms with E-state index in [1.807, 2.05) is 0 Å². The molecule has 0 aliphatic carbocycles. The average molecular weight is 526 g/mol. The van der Waals surface area contributed by atoms with E-state index in [4.69, 9.17) is 9.47 Å². The molecule has 1 atom stereocenters. The van der Waals surface area contributed by atoms with E-state index in [1.54, 1.807) is 7.05 Å². The Morgan fingerprint density at radius 2 is 2.17 bits per heavy atom. The van der Waals surface area contributed by atoms with Gasteiger partial charge in [-0.15, -0.1) is 34.2 Å². The van der Waals surface area contributed by atoms with Crippen LogP contribution in [0.15, 0.2) is 23.2 Å². The minimum Gasteiger partial charge on any atom is -0.493 e. The molecule has 9 heteroatoms. The van der Waals surface area contributed by atoms with Gasteiger partial charge in [-0.05, 0) is 31.4 Å². The zero-order chi connectivity index (χ0) is 20.1. The van der Waals surface area contributed by atoms with Crippen molar-refractivity contribution in [2.45, 2.75) is 45.8 Å². The van der Waals surface area contributed by atoms with E-state index in [0.717, 1.165) is 67.9 Å². The summed E-state index contributed by atoms with van der Waals surface area (Å²) in [5, 5.41) is 15.3. The SMILES string of the molecule is CN=C(NCc1ccc(C)cc1OCC1CCOC1)NCc1nnc2n1CCC2.I. The summed E-state index contributed by atoms with van der Waals surface area (Å²) in [6.45, 7) is 6.65. The first kappa shape index (κ1) is 22.8. The number of rotatable bonds is 7. The number of aromatic nitrogens is 3. The number of nitrogens with zero attached hydrogens (tertiary/aromatic N) is 4. The van der Waals surface area contributed by atoms with Gasteiger partial charge in [0.2, 0.25) is 0 Å². The number of guanidine groups is 1. The van der Waals surface area contributed by atoms with Crippen molar-refractivity contribution in [1.82, 2.24) is 25.4 Å². The predicted molar refractivity (Wildman–Crippen MR) is 126 cm³/mol. The van der Waals surface area contributed by atoms with Crippen molar-refractivity contribution in [3.8, 4) is 5.75 Å². The van der Waals surface area contributed by atoms with Crippen LogP contribution in [0.25, 0.3) is 0 Å². The number of halogens is 1.